The second-order valence-corrected chi connectivity index (χ2v) is 4.92. The summed E-state index contributed by atoms with van der Waals surface area (Å²) in [6, 6.07) is 8.09. The number of rotatable bonds is 4. The van der Waals surface area contributed by atoms with Crippen molar-refractivity contribution < 1.29 is 9.13 Å². The fourth-order valence-electron chi connectivity index (χ4n) is 1.24. The average Bonchev–Trinajstić information content (AvgIpc) is 3.02. The van der Waals surface area contributed by atoms with Crippen LogP contribution in [0.2, 0.25) is 0 Å². The molecule has 3 heteroatoms. The Hall–Kier alpha value is -0.800. The predicted molar refractivity (Wildman–Crippen MR) is 60.8 cm³/mol. The number of epoxide rings is 1. The fraction of sp³-hybridized carbons (Fsp3) is 0.333. The third-order valence-electron chi connectivity index (χ3n) is 2.48. The second-order valence-electron chi connectivity index (χ2n) is 3.75. The highest BCUT2D eigenvalue weighted by molar-refractivity contribution is 8.03. The van der Waals surface area contributed by atoms with Crippen LogP contribution >= 0.6 is 11.8 Å². The van der Waals surface area contributed by atoms with E-state index in [1.807, 2.05) is 31.2 Å². The van der Waals surface area contributed by atoms with E-state index in [9.17, 15) is 4.39 Å². The van der Waals surface area contributed by atoms with Gasteiger partial charge in [0.15, 0.2) is 5.60 Å². The zero-order valence-electron chi connectivity index (χ0n) is 8.63. The molecular weight excluding hydrogens is 211 g/mol. The maximum atomic E-state index is 12.7. The van der Waals surface area contributed by atoms with Gasteiger partial charge in [-0.3, -0.25) is 0 Å². The minimum atomic E-state index is -0.699. The highest BCUT2D eigenvalue weighted by Crippen LogP contribution is 2.43. The Morgan fingerprint density at radius 3 is 2.60 bits per heavy atom. The van der Waals surface area contributed by atoms with Crippen LogP contribution in [0, 0.1) is 6.92 Å². The molecule has 0 bridgehead atoms. The molecule has 1 aliphatic heterocycles. The van der Waals surface area contributed by atoms with Gasteiger partial charge in [-0.15, -0.1) is 0 Å². The minimum absolute atomic E-state index is 0.460. The SMILES string of the molecule is C=C(Sc1ccc(C)cc1)[C@@]1(CF)CO1. The van der Waals surface area contributed by atoms with Crippen LogP contribution in [0.1, 0.15) is 5.56 Å². The third kappa shape index (κ3) is 2.24. The molecule has 0 N–H and O–H groups in total. The first-order chi connectivity index (χ1) is 7.16. The lowest BCUT2D eigenvalue weighted by Gasteiger charge is -2.10. The summed E-state index contributed by atoms with van der Waals surface area (Å²) in [5.41, 5.74) is 0.517. The van der Waals surface area contributed by atoms with E-state index in [1.165, 1.54) is 17.3 Å². The Labute approximate surface area is 93.3 Å². The Kier molecular flexibility index (Phi) is 2.85. The van der Waals surface area contributed by atoms with Crippen LogP contribution in [0.4, 0.5) is 4.39 Å². The van der Waals surface area contributed by atoms with Crippen LogP contribution in [0.25, 0.3) is 0 Å². The number of benzene rings is 1. The zero-order valence-corrected chi connectivity index (χ0v) is 9.44. The second kappa shape index (κ2) is 3.99. The molecule has 0 spiro atoms. The number of aryl methyl sites for hydroxylation is 1. The van der Waals surface area contributed by atoms with Gasteiger partial charge in [0, 0.05) is 9.80 Å². The summed E-state index contributed by atoms with van der Waals surface area (Å²) in [6.45, 7) is 5.89. The van der Waals surface area contributed by atoms with E-state index in [0.29, 0.717) is 6.61 Å². The molecule has 0 saturated carbocycles. The molecule has 1 saturated heterocycles. The van der Waals surface area contributed by atoms with E-state index in [1.54, 1.807) is 0 Å². The summed E-state index contributed by atoms with van der Waals surface area (Å²) in [6.07, 6.45) is 0. The van der Waals surface area contributed by atoms with Gasteiger partial charge in [-0.2, -0.15) is 0 Å². The lowest BCUT2D eigenvalue weighted by molar-refractivity contribution is 0.286. The monoisotopic (exact) mass is 224 g/mol. The lowest BCUT2D eigenvalue weighted by Crippen LogP contribution is -2.14. The van der Waals surface area contributed by atoms with Crippen molar-refractivity contribution in [2.45, 2.75) is 17.4 Å². The van der Waals surface area contributed by atoms with Crippen molar-refractivity contribution in [3.8, 4) is 0 Å². The van der Waals surface area contributed by atoms with Gasteiger partial charge in [0.05, 0.1) is 6.61 Å². The summed E-state index contributed by atoms with van der Waals surface area (Å²) >= 11 is 1.49. The predicted octanol–water partition coefficient (Wildman–Crippen LogP) is 3.34. The quantitative estimate of drug-likeness (QED) is 0.574. The first-order valence-corrected chi connectivity index (χ1v) is 5.62. The van der Waals surface area contributed by atoms with Crippen LogP contribution < -0.4 is 0 Å². The van der Waals surface area contributed by atoms with E-state index in [-0.39, 0.29) is 0 Å². The average molecular weight is 224 g/mol. The molecule has 1 aromatic rings. The molecule has 80 valence electrons. The van der Waals surface area contributed by atoms with Crippen molar-refractivity contribution >= 4 is 11.8 Å². The van der Waals surface area contributed by atoms with Gasteiger partial charge in [-0.1, -0.05) is 36.0 Å². The van der Waals surface area contributed by atoms with Gasteiger partial charge >= 0.3 is 0 Å². The normalized spacial score (nSPS) is 23.9. The smallest absolute Gasteiger partial charge is 0.150 e. The Bertz CT molecular complexity index is 368. The summed E-state index contributed by atoms with van der Waals surface area (Å²) in [5, 5.41) is 0. The summed E-state index contributed by atoms with van der Waals surface area (Å²) in [4.78, 5) is 1.84. The molecule has 0 aromatic heterocycles. The van der Waals surface area contributed by atoms with E-state index in [4.69, 9.17) is 4.74 Å². The molecular formula is C12H13FOS. The fourth-order valence-corrected chi connectivity index (χ4v) is 2.16. The maximum Gasteiger partial charge on any atom is 0.150 e. The molecule has 1 nitrogen and oxygen atoms in total. The van der Waals surface area contributed by atoms with E-state index in [2.05, 4.69) is 6.58 Å². The van der Waals surface area contributed by atoms with Gasteiger partial charge in [-0.05, 0) is 19.1 Å². The number of hydrogen-bond donors (Lipinski definition) is 0. The van der Waals surface area contributed by atoms with Crippen LogP contribution in [-0.4, -0.2) is 18.9 Å². The molecule has 1 atom stereocenters. The first kappa shape index (κ1) is 10.7. The number of halogens is 1. The molecule has 0 amide bonds. The molecule has 0 unspecified atom stereocenters. The van der Waals surface area contributed by atoms with Gasteiger partial charge in [0.25, 0.3) is 0 Å². The van der Waals surface area contributed by atoms with Gasteiger partial charge in [0.1, 0.15) is 6.67 Å². The Morgan fingerprint density at radius 1 is 1.53 bits per heavy atom. The van der Waals surface area contributed by atoms with Crippen molar-refractivity contribution in [1.82, 2.24) is 0 Å². The van der Waals surface area contributed by atoms with Gasteiger partial charge < -0.3 is 4.74 Å². The van der Waals surface area contributed by atoms with Crippen LogP contribution in [-0.2, 0) is 4.74 Å². The van der Waals surface area contributed by atoms with Crippen molar-refractivity contribution in [3.63, 3.8) is 0 Å². The minimum Gasteiger partial charge on any atom is -0.361 e. The van der Waals surface area contributed by atoms with Crippen LogP contribution in [0.15, 0.2) is 40.6 Å². The van der Waals surface area contributed by atoms with Crippen molar-refractivity contribution in [2.75, 3.05) is 13.3 Å². The van der Waals surface area contributed by atoms with Crippen LogP contribution in [0.3, 0.4) is 0 Å². The van der Waals surface area contributed by atoms with Crippen molar-refractivity contribution in [1.29, 1.82) is 0 Å². The summed E-state index contributed by atoms with van der Waals surface area (Å²) < 4.78 is 17.8. The van der Waals surface area contributed by atoms with E-state index < -0.39 is 12.3 Å². The largest absolute Gasteiger partial charge is 0.361 e. The molecule has 0 radical (unpaired) electrons. The van der Waals surface area contributed by atoms with Crippen molar-refractivity contribution in [3.05, 3.63) is 41.3 Å². The highest BCUT2D eigenvalue weighted by atomic mass is 32.2. The van der Waals surface area contributed by atoms with Gasteiger partial charge in [0.2, 0.25) is 0 Å². The van der Waals surface area contributed by atoms with E-state index in [0.717, 1.165) is 9.80 Å². The summed E-state index contributed by atoms with van der Waals surface area (Å²) in [7, 11) is 0. The molecule has 1 aromatic carbocycles. The Morgan fingerprint density at radius 2 is 2.13 bits per heavy atom. The molecule has 15 heavy (non-hydrogen) atoms. The van der Waals surface area contributed by atoms with Crippen LogP contribution in [0.5, 0.6) is 0 Å². The first-order valence-electron chi connectivity index (χ1n) is 4.80. The number of ether oxygens (including phenoxy) is 1. The maximum absolute atomic E-state index is 12.7. The topological polar surface area (TPSA) is 12.5 Å². The standard InChI is InChI=1S/C12H13FOS/c1-9-3-5-11(6-4-9)15-10(2)12(7-13)8-14-12/h3-6H,2,7-8H2,1H3/t12-/m1/s1. The van der Waals surface area contributed by atoms with Crippen molar-refractivity contribution in [2.24, 2.45) is 0 Å². The number of hydrogen-bond acceptors (Lipinski definition) is 2. The summed E-state index contributed by atoms with van der Waals surface area (Å²) in [5.74, 6) is 0. The molecule has 0 aliphatic carbocycles. The number of thioether (sulfide) groups is 1. The molecule has 1 fully saturated rings. The molecule has 1 heterocycles. The Balaban J connectivity index is 2.03. The van der Waals surface area contributed by atoms with Gasteiger partial charge in [-0.25, -0.2) is 4.39 Å². The molecule has 2 rings (SSSR count). The van der Waals surface area contributed by atoms with E-state index >= 15 is 0 Å². The highest BCUT2D eigenvalue weighted by Gasteiger charge is 2.48. The lowest BCUT2D eigenvalue weighted by atomic mass is 10.2. The molecule has 1 aliphatic rings. The number of alkyl halides is 1. The third-order valence-corrected chi connectivity index (χ3v) is 3.61. The zero-order chi connectivity index (χ0) is 10.9.